The minimum atomic E-state index is -0.302. The third-order valence-corrected chi connectivity index (χ3v) is 4.35. The predicted molar refractivity (Wildman–Crippen MR) is 101 cm³/mol. The van der Waals surface area contributed by atoms with Crippen LogP contribution in [-0.2, 0) is 18.3 Å². The standard InChI is InChI=1S/C21H23N3O2/c1-24-15-14-22-21(24)20(17-9-11-18(26-2)12-10-17)23-19(25)13-8-16-6-4-3-5-7-16/h3-7,9-12,14-15,20H,8,13H2,1-2H3,(H,23,25). The van der Waals surface area contributed by atoms with Gasteiger partial charge in [0.05, 0.1) is 7.11 Å². The Morgan fingerprint density at radius 3 is 2.50 bits per heavy atom. The fraction of sp³-hybridized carbons (Fsp3) is 0.238. The highest BCUT2D eigenvalue weighted by atomic mass is 16.5. The Labute approximate surface area is 153 Å². The molecular formula is C21H23N3O2. The number of nitrogens with zero attached hydrogens (tertiary/aromatic N) is 2. The summed E-state index contributed by atoms with van der Waals surface area (Å²) in [6.07, 6.45) is 4.76. The molecule has 0 aliphatic heterocycles. The van der Waals surface area contributed by atoms with E-state index in [-0.39, 0.29) is 11.9 Å². The summed E-state index contributed by atoms with van der Waals surface area (Å²) in [5.41, 5.74) is 2.12. The second-order valence-corrected chi connectivity index (χ2v) is 6.16. The fourth-order valence-corrected chi connectivity index (χ4v) is 2.88. The number of rotatable bonds is 7. The molecule has 5 heteroatoms. The van der Waals surface area contributed by atoms with E-state index in [1.165, 1.54) is 0 Å². The number of carbonyl (C=O) groups excluding carboxylic acids is 1. The van der Waals surface area contributed by atoms with Crippen LogP contribution in [0.3, 0.4) is 0 Å². The van der Waals surface area contributed by atoms with Crippen molar-refractivity contribution >= 4 is 5.91 Å². The first-order chi connectivity index (χ1) is 12.7. The van der Waals surface area contributed by atoms with Crippen molar-refractivity contribution in [2.45, 2.75) is 18.9 Å². The van der Waals surface area contributed by atoms with E-state index < -0.39 is 0 Å². The van der Waals surface area contributed by atoms with Crippen molar-refractivity contribution in [2.75, 3.05) is 7.11 Å². The first kappa shape index (κ1) is 17.7. The number of ether oxygens (including phenoxy) is 1. The summed E-state index contributed by atoms with van der Waals surface area (Å²) >= 11 is 0. The number of amides is 1. The molecule has 0 aliphatic rings. The minimum Gasteiger partial charge on any atom is -0.497 e. The Morgan fingerprint density at radius 1 is 1.15 bits per heavy atom. The van der Waals surface area contributed by atoms with Gasteiger partial charge in [-0.15, -0.1) is 0 Å². The lowest BCUT2D eigenvalue weighted by molar-refractivity contribution is -0.121. The van der Waals surface area contributed by atoms with Gasteiger partial charge in [0.2, 0.25) is 5.91 Å². The number of hydrogen-bond donors (Lipinski definition) is 1. The second kappa shape index (κ2) is 8.34. The molecule has 0 saturated heterocycles. The molecule has 0 saturated carbocycles. The van der Waals surface area contributed by atoms with Gasteiger partial charge in [-0.25, -0.2) is 4.98 Å². The smallest absolute Gasteiger partial charge is 0.221 e. The molecule has 2 aromatic carbocycles. The molecule has 1 aromatic heterocycles. The molecule has 5 nitrogen and oxygen atoms in total. The Hall–Kier alpha value is -3.08. The molecule has 0 radical (unpaired) electrons. The molecule has 3 aromatic rings. The average Bonchev–Trinajstić information content (AvgIpc) is 3.11. The summed E-state index contributed by atoms with van der Waals surface area (Å²) < 4.78 is 7.15. The molecule has 26 heavy (non-hydrogen) atoms. The molecular weight excluding hydrogens is 326 g/mol. The van der Waals surface area contributed by atoms with Gasteiger partial charge in [0.15, 0.2) is 0 Å². The van der Waals surface area contributed by atoms with Crippen LogP contribution in [0.25, 0.3) is 0 Å². The van der Waals surface area contributed by atoms with Crippen LogP contribution in [0.5, 0.6) is 5.75 Å². The van der Waals surface area contributed by atoms with E-state index in [1.54, 1.807) is 13.3 Å². The molecule has 0 fully saturated rings. The maximum absolute atomic E-state index is 12.6. The lowest BCUT2D eigenvalue weighted by Gasteiger charge is -2.19. The van der Waals surface area contributed by atoms with E-state index in [9.17, 15) is 4.79 Å². The quantitative estimate of drug-likeness (QED) is 0.712. The van der Waals surface area contributed by atoms with Crippen molar-refractivity contribution < 1.29 is 9.53 Å². The van der Waals surface area contributed by atoms with E-state index >= 15 is 0 Å². The zero-order chi connectivity index (χ0) is 18.4. The van der Waals surface area contributed by atoms with Crippen LogP contribution < -0.4 is 10.1 Å². The molecule has 0 bridgehead atoms. The number of aromatic nitrogens is 2. The number of hydrogen-bond acceptors (Lipinski definition) is 3. The molecule has 1 heterocycles. The summed E-state index contributed by atoms with van der Waals surface area (Å²) in [5, 5.41) is 3.12. The van der Waals surface area contributed by atoms with Crippen LogP contribution in [0.1, 0.15) is 29.4 Å². The van der Waals surface area contributed by atoms with Crippen LogP contribution in [0, 0.1) is 0 Å². The van der Waals surface area contributed by atoms with Gasteiger partial charge in [0.1, 0.15) is 17.6 Å². The van der Waals surface area contributed by atoms with Crippen LogP contribution in [0.4, 0.5) is 0 Å². The van der Waals surface area contributed by atoms with Crippen molar-refractivity contribution in [3.8, 4) is 5.75 Å². The van der Waals surface area contributed by atoms with E-state index in [4.69, 9.17) is 4.74 Å². The number of aryl methyl sites for hydroxylation is 2. The third kappa shape index (κ3) is 4.30. The molecule has 1 unspecified atom stereocenters. The number of carbonyl (C=O) groups is 1. The highest BCUT2D eigenvalue weighted by Crippen LogP contribution is 2.23. The monoisotopic (exact) mass is 349 g/mol. The number of nitrogens with one attached hydrogen (secondary N) is 1. The topological polar surface area (TPSA) is 56.1 Å². The van der Waals surface area contributed by atoms with Crippen molar-refractivity contribution in [3.63, 3.8) is 0 Å². The van der Waals surface area contributed by atoms with Crippen LogP contribution >= 0.6 is 0 Å². The molecule has 134 valence electrons. The highest BCUT2D eigenvalue weighted by Gasteiger charge is 2.20. The van der Waals surface area contributed by atoms with Gasteiger partial charge in [-0.1, -0.05) is 42.5 Å². The molecule has 1 atom stereocenters. The van der Waals surface area contributed by atoms with Gasteiger partial charge in [-0.2, -0.15) is 0 Å². The molecule has 0 spiro atoms. The van der Waals surface area contributed by atoms with E-state index in [1.807, 2.05) is 72.4 Å². The van der Waals surface area contributed by atoms with Gasteiger partial charge in [0, 0.05) is 25.9 Å². The van der Waals surface area contributed by atoms with E-state index in [0.717, 1.165) is 22.7 Å². The van der Waals surface area contributed by atoms with E-state index in [2.05, 4.69) is 10.3 Å². The average molecular weight is 349 g/mol. The molecule has 1 N–H and O–H groups in total. The van der Waals surface area contributed by atoms with Gasteiger partial charge < -0.3 is 14.6 Å². The lowest BCUT2D eigenvalue weighted by Crippen LogP contribution is -2.31. The fourth-order valence-electron chi connectivity index (χ4n) is 2.88. The Balaban J connectivity index is 1.75. The SMILES string of the molecule is COc1ccc(C(NC(=O)CCc2ccccc2)c2nccn2C)cc1. The van der Waals surface area contributed by atoms with Crippen molar-refractivity contribution in [2.24, 2.45) is 7.05 Å². The van der Waals surface area contributed by atoms with Gasteiger partial charge in [-0.3, -0.25) is 4.79 Å². The largest absolute Gasteiger partial charge is 0.497 e. The van der Waals surface area contributed by atoms with Gasteiger partial charge in [0.25, 0.3) is 0 Å². The zero-order valence-corrected chi connectivity index (χ0v) is 15.1. The molecule has 0 aliphatic carbocycles. The van der Waals surface area contributed by atoms with Crippen molar-refractivity contribution in [1.82, 2.24) is 14.9 Å². The Bertz CT molecular complexity index is 841. The van der Waals surface area contributed by atoms with Crippen LogP contribution in [0.2, 0.25) is 0 Å². The Morgan fingerprint density at radius 2 is 1.88 bits per heavy atom. The summed E-state index contributed by atoms with van der Waals surface area (Å²) in [7, 11) is 3.56. The van der Waals surface area contributed by atoms with Crippen molar-refractivity contribution in [3.05, 3.63) is 83.9 Å². The Kier molecular flexibility index (Phi) is 5.69. The summed E-state index contributed by atoms with van der Waals surface area (Å²) in [6, 6.07) is 17.4. The summed E-state index contributed by atoms with van der Waals surface area (Å²) in [4.78, 5) is 17.0. The van der Waals surface area contributed by atoms with Crippen LogP contribution in [0.15, 0.2) is 67.0 Å². The van der Waals surface area contributed by atoms with Crippen molar-refractivity contribution in [1.29, 1.82) is 0 Å². The second-order valence-electron chi connectivity index (χ2n) is 6.16. The number of imidazole rings is 1. The molecule has 3 rings (SSSR count). The maximum Gasteiger partial charge on any atom is 0.221 e. The van der Waals surface area contributed by atoms with Gasteiger partial charge >= 0.3 is 0 Å². The zero-order valence-electron chi connectivity index (χ0n) is 15.1. The molecule has 1 amide bonds. The first-order valence-corrected chi connectivity index (χ1v) is 8.62. The predicted octanol–water partition coefficient (Wildman–Crippen LogP) is 3.27. The minimum absolute atomic E-state index is 0.00216. The first-order valence-electron chi connectivity index (χ1n) is 8.62. The normalized spacial score (nSPS) is 11.8. The van der Waals surface area contributed by atoms with Crippen LogP contribution in [-0.4, -0.2) is 22.6 Å². The van der Waals surface area contributed by atoms with Gasteiger partial charge in [-0.05, 0) is 29.7 Å². The number of benzene rings is 2. The number of methoxy groups -OCH3 is 1. The maximum atomic E-state index is 12.6. The van der Waals surface area contributed by atoms with E-state index in [0.29, 0.717) is 12.8 Å². The third-order valence-electron chi connectivity index (χ3n) is 4.35. The summed E-state index contributed by atoms with van der Waals surface area (Å²) in [5.74, 6) is 1.57. The lowest BCUT2D eigenvalue weighted by atomic mass is 10.0. The highest BCUT2D eigenvalue weighted by molar-refractivity contribution is 5.77. The summed E-state index contributed by atoms with van der Waals surface area (Å²) in [6.45, 7) is 0.